The summed E-state index contributed by atoms with van der Waals surface area (Å²) < 4.78 is 22.6. The van der Waals surface area contributed by atoms with Crippen LogP contribution in [-0.4, -0.2) is 27.2 Å². The highest BCUT2D eigenvalue weighted by atomic mass is 32.2. The topological polar surface area (TPSA) is 63.6 Å². The first-order valence-corrected chi connectivity index (χ1v) is 7.67. The van der Waals surface area contributed by atoms with E-state index in [1.54, 1.807) is 18.2 Å². The van der Waals surface area contributed by atoms with Crippen LogP contribution < -0.4 is 0 Å². The summed E-state index contributed by atoms with van der Waals surface area (Å²) in [5.74, 6) is 0. The quantitative estimate of drug-likeness (QED) is 0.772. The Hall–Kier alpha value is -1.49. The Morgan fingerprint density at radius 1 is 1.39 bits per heavy atom. The fourth-order valence-electron chi connectivity index (χ4n) is 1.50. The fourth-order valence-corrected chi connectivity index (χ4v) is 2.17. The Labute approximate surface area is 108 Å². The second-order valence-corrected chi connectivity index (χ2v) is 6.00. The summed E-state index contributed by atoms with van der Waals surface area (Å²) in [5, 5.41) is 0. The van der Waals surface area contributed by atoms with Gasteiger partial charge in [-0.15, -0.1) is 0 Å². The lowest BCUT2D eigenvalue weighted by Gasteiger charge is -2.10. The van der Waals surface area contributed by atoms with Gasteiger partial charge in [-0.3, -0.25) is 4.99 Å². The number of benzene rings is 1. The molecular formula is C13H17NO3S. The van der Waals surface area contributed by atoms with Crippen molar-refractivity contribution in [3.8, 4) is 0 Å². The smallest absolute Gasteiger partial charge is 0.175 e. The highest BCUT2D eigenvalue weighted by Crippen LogP contribution is 2.26. The van der Waals surface area contributed by atoms with Gasteiger partial charge >= 0.3 is 0 Å². The lowest BCUT2D eigenvalue weighted by Crippen LogP contribution is -2.00. The van der Waals surface area contributed by atoms with Gasteiger partial charge in [-0.2, -0.15) is 0 Å². The second kappa shape index (κ2) is 6.44. The van der Waals surface area contributed by atoms with E-state index in [2.05, 4.69) is 4.99 Å². The summed E-state index contributed by atoms with van der Waals surface area (Å²) in [6.45, 7) is 1.81. The van der Waals surface area contributed by atoms with Crippen LogP contribution in [0.1, 0.15) is 25.3 Å². The number of nitrogens with zero attached hydrogens (tertiary/aromatic N) is 1. The molecule has 1 aromatic rings. The van der Waals surface area contributed by atoms with Gasteiger partial charge in [0.05, 0.1) is 10.6 Å². The van der Waals surface area contributed by atoms with Gasteiger partial charge < -0.3 is 4.79 Å². The molecule has 0 spiro atoms. The number of hydrogen-bond donors (Lipinski definition) is 0. The van der Waals surface area contributed by atoms with E-state index in [0.29, 0.717) is 11.3 Å². The number of sulfone groups is 1. The standard InChI is InChI=1S/C10H11NO2S.C3H6O/c1-14(12,13)9-4-5-10-8(7-9)3-2-6-11-10;1-2-3-4/h4-7H,2-3H2,1H3;3H,2H2,1H3. The third-order valence-corrected chi connectivity index (χ3v) is 3.53. The summed E-state index contributed by atoms with van der Waals surface area (Å²) in [6, 6.07) is 5.10. The van der Waals surface area contributed by atoms with Crippen molar-refractivity contribution in [1.82, 2.24) is 0 Å². The summed E-state index contributed by atoms with van der Waals surface area (Å²) in [6.07, 6.45) is 6.37. The zero-order chi connectivity index (χ0) is 13.6. The molecule has 1 aliphatic rings. The molecule has 18 heavy (non-hydrogen) atoms. The number of aliphatic imine (C=N–C) groups is 1. The van der Waals surface area contributed by atoms with Crippen LogP contribution in [0.15, 0.2) is 28.1 Å². The molecule has 0 unspecified atom stereocenters. The molecule has 0 aliphatic carbocycles. The van der Waals surface area contributed by atoms with Gasteiger partial charge in [0.15, 0.2) is 9.84 Å². The highest BCUT2D eigenvalue weighted by Gasteiger charge is 2.11. The normalized spacial score (nSPS) is 13.2. The third-order valence-electron chi connectivity index (χ3n) is 2.42. The van der Waals surface area contributed by atoms with Crippen LogP contribution in [0.25, 0.3) is 0 Å². The van der Waals surface area contributed by atoms with E-state index < -0.39 is 9.84 Å². The van der Waals surface area contributed by atoms with Gasteiger partial charge in [0, 0.05) is 18.9 Å². The van der Waals surface area contributed by atoms with Crippen LogP contribution >= 0.6 is 0 Å². The van der Waals surface area contributed by atoms with Gasteiger partial charge in [0.2, 0.25) is 0 Å². The molecule has 0 amide bonds. The molecular weight excluding hydrogens is 250 g/mol. The number of hydrogen-bond acceptors (Lipinski definition) is 4. The maximum absolute atomic E-state index is 11.3. The van der Waals surface area contributed by atoms with Crippen molar-refractivity contribution in [2.45, 2.75) is 31.1 Å². The lowest BCUT2D eigenvalue weighted by atomic mass is 10.1. The molecule has 0 bridgehead atoms. The van der Waals surface area contributed by atoms with Crippen molar-refractivity contribution in [2.75, 3.05) is 6.26 Å². The van der Waals surface area contributed by atoms with E-state index in [9.17, 15) is 13.2 Å². The molecule has 1 aliphatic heterocycles. The molecule has 2 rings (SSSR count). The fraction of sp³-hybridized carbons (Fsp3) is 0.385. The predicted octanol–water partition coefficient (Wildman–Crippen LogP) is 2.33. The minimum Gasteiger partial charge on any atom is -0.303 e. The Morgan fingerprint density at radius 3 is 2.61 bits per heavy atom. The number of carbonyl (C=O) groups excluding carboxylic acids is 1. The SMILES string of the molecule is CCC=O.CS(=O)(=O)c1ccc2c(c1)CCC=N2. The average molecular weight is 267 g/mol. The molecule has 0 saturated carbocycles. The largest absolute Gasteiger partial charge is 0.303 e. The Kier molecular flexibility index (Phi) is 5.22. The van der Waals surface area contributed by atoms with Crippen molar-refractivity contribution in [3.05, 3.63) is 23.8 Å². The maximum atomic E-state index is 11.3. The Balaban J connectivity index is 0.000000357. The van der Waals surface area contributed by atoms with Gasteiger partial charge in [0.25, 0.3) is 0 Å². The first-order chi connectivity index (χ1) is 8.49. The minimum atomic E-state index is -3.09. The maximum Gasteiger partial charge on any atom is 0.175 e. The van der Waals surface area contributed by atoms with Crippen molar-refractivity contribution < 1.29 is 13.2 Å². The first-order valence-electron chi connectivity index (χ1n) is 5.78. The molecule has 1 heterocycles. The predicted molar refractivity (Wildman–Crippen MR) is 72.4 cm³/mol. The lowest BCUT2D eigenvalue weighted by molar-refractivity contribution is -0.107. The zero-order valence-corrected chi connectivity index (χ0v) is 11.4. The van der Waals surface area contributed by atoms with Crippen LogP contribution in [0.3, 0.4) is 0 Å². The van der Waals surface area contributed by atoms with Crippen molar-refractivity contribution in [3.63, 3.8) is 0 Å². The molecule has 5 heteroatoms. The van der Waals surface area contributed by atoms with Gasteiger partial charge in [-0.25, -0.2) is 8.42 Å². The number of aldehydes is 1. The van der Waals surface area contributed by atoms with Crippen molar-refractivity contribution >= 4 is 28.0 Å². The van der Waals surface area contributed by atoms with E-state index in [1.165, 1.54) is 6.26 Å². The van der Waals surface area contributed by atoms with Crippen LogP contribution in [0.4, 0.5) is 5.69 Å². The molecule has 98 valence electrons. The molecule has 0 atom stereocenters. The van der Waals surface area contributed by atoms with E-state index >= 15 is 0 Å². The molecule has 0 aromatic heterocycles. The van der Waals surface area contributed by atoms with Crippen molar-refractivity contribution in [1.29, 1.82) is 0 Å². The van der Waals surface area contributed by atoms with E-state index in [1.807, 2.05) is 13.1 Å². The van der Waals surface area contributed by atoms with Crippen LogP contribution in [0, 0.1) is 0 Å². The average Bonchev–Trinajstić information content (AvgIpc) is 2.37. The highest BCUT2D eigenvalue weighted by molar-refractivity contribution is 7.90. The van der Waals surface area contributed by atoms with Crippen LogP contribution in [0.2, 0.25) is 0 Å². The van der Waals surface area contributed by atoms with E-state index in [0.717, 1.165) is 30.4 Å². The van der Waals surface area contributed by atoms with E-state index in [4.69, 9.17) is 0 Å². The number of fused-ring (bicyclic) bond motifs is 1. The van der Waals surface area contributed by atoms with Crippen LogP contribution in [-0.2, 0) is 21.1 Å². The Morgan fingerprint density at radius 2 is 2.06 bits per heavy atom. The minimum absolute atomic E-state index is 0.383. The van der Waals surface area contributed by atoms with Crippen molar-refractivity contribution in [2.24, 2.45) is 4.99 Å². The number of aryl methyl sites for hydroxylation is 1. The molecule has 0 fully saturated rings. The second-order valence-electron chi connectivity index (χ2n) is 3.99. The van der Waals surface area contributed by atoms with Gasteiger partial charge in [-0.05, 0) is 36.6 Å². The van der Waals surface area contributed by atoms with Gasteiger partial charge in [0.1, 0.15) is 6.29 Å². The monoisotopic (exact) mass is 267 g/mol. The molecule has 0 saturated heterocycles. The molecule has 1 aromatic carbocycles. The third kappa shape index (κ3) is 4.07. The molecule has 0 radical (unpaired) electrons. The molecule has 0 N–H and O–H groups in total. The summed E-state index contributed by atoms with van der Waals surface area (Å²) in [5.41, 5.74) is 1.92. The van der Waals surface area contributed by atoms with Gasteiger partial charge in [-0.1, -0.05) is 6.92 Å². The summed E-state index contributed by atoms with van der Waals surface area (Å²) in [7, 11) is -3.09. The Bertz CT molecular complexity index is 547. The number of rotatable bonds is 2. The summed E-state index contributed by atoms with van der Waals surface area (Å²) in [4.78, 5) is 13.8. The first kappa shape index (κ1) is 14.6. The molecule has 4 nitrogen and oxygen atoms in total. The van der Waals surface area contributed by atoms with E-state index in [-0.39, 0.29) is 0 Å². The summed E-state index contributed by atoms with van der Waals surface area (Å²) >= 11 is 0. The van der Waals surface area contributed by atoms with Crippen LogP contribution in [0.5, 0.6) is 0 Å². The zero-order valence-electron chi connectivity index (χ0n) is 10.6. The number of carbonyl (C=O) groups is 1.